The molecule has 0 heterocycles. The van der Waals surface area contributed by atoms with E-state index in [1.165, 1.54) is 36.4 Å². The van der Waals surface area contributed by atoms with Gasteiger partial charge in [-0.3, -0.25) is 0 Å². The Bertz CT molecular complexity index is 1430. The smallest absolute Gasteiger partial charge is 0.409 e. The number of halogens is 8. The summed E-state index contributed by atoms with van der Waals surface area (Å²) in [6, 6.07) is 21.4. The Balaban J connectivity index is 1.97. The molecule has 40 heavy (non-hydrogen) atoms. The third-order valence-corrected chi connectivity index (χ3v) is 7.67. The van der Waals surface area contributed by atoms with Gasteiger partial charge in [-0.15, -0.1) is 0 Å². The second kappa shape index (κ2) is 12.1. The van der Waals surface area contributed by atoms with Crippen LogP contribution in [0.4, 0.5) is 26.3 Å². The Morgan fingerprint density at radius 2 is 0.900 bits per heavy atom. The lowest BCUT2D eigenvalue weighted by Crippen LogP contribution is -2.08. The molecular formula is C30H18Cl2F6OS. The van der Waals surface area contributed by atoms with Crippen LogP contribution < -0.4 is 0 Å². The number of benzene rings is 4. The average Bonchev–Trinajstić information content (AvgIpc) is 2.90. The Labute approximate surface area is 239 Å². The summed E-state index contributed by atoms with van der Waals surface area (Å²) in [5, 5.41) is 0.785. The van der Waals surface area contributed by atoms with Gasteiger partial charge in [0.2, 0.25) is 0 Å². The molecule has 0 N–H and O–H groups in total. The first-order chi connectivity index (χ1) is 18.8. The standard InChI is InChI=1S/C30H18Cl2F6OS/c31-23-11-7-21(8-12-23)27-19(15-17-29(33,34)35)3-1-5-25(27)40(39)26-6-2-4-20(16-18-30(36,37)38)28(26)22-9-13-24(32)14-10-22/h1-18H. The molecule has 0 radical (unpaired) electrons. The van der Waals surface area contributed by atoms with Gasteiger partial charge in [0.15, 0.2) is 9.79 Å². The van der Waals surface area contributed by atoms with Crippen LogP contribution in [0.15, 0.2) is 107 Å². The van der Waals surface area contributed by atoms with E-state index in [0.717, 1.165) is 12.2 Å². The van der Waals surface area contributed by atoms with Crippen molar-refractivity contribution in [3.63, 3.8) is 0 Å². The van der Waals surface area contributed by atoms with E-state index in [4.69, 9.17) is 23.2 Å². The van der Waals surface area contributed by atoms with Gasteiger partial charge in [0.25, 0.3) is 0 Å². The van der Waals surface area contributed by atoms with Crippen LogP contribution in [-0.2, 0) is 11.2 Å². The second-order valence-electron chi connectivity index (χ2n) is 8.47. The fourth-order valence-corrected chi connectivity index (χ4v) is 5.76. The van der Waals surface area contributed by atoms with Crippen molar-refractivity contribution in [2.75, 3.05) is 0 Å². The van der Waals surface area contributed by atoms with Gasteiger partial charge in [-0.1, -0.05) is 71.7 Å². The molecule has 0 amide bonds. The van der Waals surface area contributed by atoms with Crippen molar-refractivity contribution in [2.24, 2.45) is 0 Å². The molecule has 0 aliphatic rings. The first kappa shape index (κ1) is 29.8. The monoisotopic (exact) mass is 610 g/mol. The number of hydrogen-bond donors (Lipinski definition) is 0. The van der Waals surface area contributed by atoms with Gasteiger partial charge in [-0.05, 0) is 70.8 Å². The van der Waals surface area contributed by atoms with E-state index in [-0.39, 0.29) is 44.2 Å². The minimum atomic E-state index is -4.59. The number of hydrogen-bond acceptors (Lipinski definition) is 1. The highest BCUT2D eigenvalue weighted by Gasteiger charge is 2.28. The maximum Gasteiger partial charge on any atom is 0.409 e. The molecule has 206 valence electrons. The first-order valence-corrected chi connectivity index (χ1v) is 13.4. The van der Waals surface area contributed by atoms with Crippen LogP contribution in [0.5, 0.6) is 0 Å². The van der Waals surface area contributed by atoms with E-state index in [1.807, 2.05) is 0 Å². The molecule has 4 aromatic rings. The van der Waals surface area contributed by atoms with Gasteiger partial charge in [0, 0.05) is 44.5 Å². The number of alkyl halides is 6. The fourth-order valence-electron chi connectivity index (χ4n) is 4.02. The SMILES string of the molecule is [O-][S+](c1cccc(C=CC(F)(F)F)c1-c1ccc(Cl)cc1)c1cccc(C=CC(F)(F)F)c1-c1ccc(Cl)cc1. The number of rotatable bonds is 6. The molecule has 0 unspecified atom stereocenters. The molecule has 0 aromatic heterocycles. The van der Waals surface area contributed by atoms with Crippen molar-refractivity contribution in [3.05, 3.63) is 118 Å². The Morgan fingerprint density at radius 1 is 0.550 bits per heavy atom. The lowest BCUT2D eigenvalue weighted by molar-refractivity contribution is -0.0800. The van der Waals surface area contributed by atoms with E-state index in [2.05, 4.69) is 0 Å². The molecule has 4 aromatic carbocycles. The fraction of sp³-hybridized carbons (Fsp3) is 0.0667. The predicted octanol–water partition coefficient (Wildman–Crippen LogP) is 10.6. The summed E-state index contributed by atoms with van der Waals surface area (Å²) in [7, 11) is 0. The minimum Gasteiger partial charge on any atom is -0.606 e. The second-order valence-corrected chi connectivity index (χ2v) is 10.8. The highest BCUT2D eigenvalue weighted by molar-refractivity contribution is 7.91. The van der Waals surface area contributed by atoms with Crippen LogP contribution in [0.1, 0.15) is 11.1 Å². The predicted molar refractivity (Wildman–Crippen MR) is 149 cm³/mol. The van der Waals surface area contributed by atoms with Crippen LogP contribution >= 0.6 is 23.2 Å². The van der Waals surface area contributed by atoms with Gasteiger partial charge in [0.1, 0.15) is 0 Å². The highest BCUT2D eigenvalue weighted by atomic mass is 35.5. The van der Waals surface area contributed by atoms with Crippen molar-refractivity contribution in [2.45, 2.75) is 22.1 Å². The highest BCUT2D eigenvalue weighted by Crippen LogP contribution is 2.41. The zero-order valence-electron chi connectivity index (χ0n) is 20.2. The quantitative estimate of drug-likeness (QED) is 0.157. The summed E-state index contributed by atoms with van der Waals surface area (Å²) in [6.45, 7) is 0. The van der Waals surface area contributed by atoms with E-state index >= 15 is 0 Å². The van der Waals surface area contributed by atoms with E-state index < -0.39 is 23.5 Å². The summed E-state index contributed by atoms with van der Waals surface area (Å²) < 4.78 is 92.6. The van der Waals surface area contributed by atoms with Crippen molar-refractivity contribution in [1.82, 2.24) is 0 Å². The zero-order valence-corrected chi connectivity index (χ0v) is 22.6. The molecule has 0 aliphatic heterocycles. The molecule has 4 rings (SSSR count). The van der Waals surface area contributed by atoms with Crippen molar-refractivity contribution in [3.8, 4) is 22.3 Å². The van der Waals surface area contributed by atoms with E-state index in [1.54, 1.807) is 48.5 Å². The molecule has 0 saturated carbocycles. The van der Waals surface area contributed by atoms with Crippen molar-refractivity contribution < 1.29 is 30.9 Å². The Morgan fingerprint density at radius 3 is 1.23 bits per heavy atom. The summed E-state index contributed by atoms with van der Waals surface area (Å²) in [5.41, 5.74) is 1.72. The molecule has 0 bridgehead atoms. The normalized spacial score (nSPS) is 13.3. The summed E-state index contributed by atoms with van der Waals surface area (Å²) in [4.78, 5) is 0.331. The maximum absolute atomic E-state index is 14.2. The van der Waals surface area contributed by atoms with Gasteiger partial charge in [0.05, 0.1) is 0 Å². The maximum atomic E-state index is 14.2. The van der Waals surface area contributed by atoms with Crippen LogP contribution in [0.2, 0.25) is 10.0 Å². The Hall–Kier alpha value is -3.17. The molecule has 10 heteroatoms. The molecule has 0 saturated heterocycles. The molecule has 0 atom stereocenters. The van der Waals surface area contributed by atoms with E-state index in [0.29, 0.717) is 21.2 Å². The third-order valence-electron chi connectivity index (χ3n) is 5.69. The first-order valence-electron chi connectivity index (χ1n) is 11.5. The van der Waals surface area contributed by atoms with Gasteiger partial charge in [-0.2, -0.15) is 26.3 Å². The summed E-state index contributed by atoms with van der Waals surface area (Å²) >= 11 is 9.99. The van der Waals surface area contributed by atoms with Crippen molar-refractivity contribution >= 4 is 46.5 Å². The molecule has 0 fully saturated rings. The largest absolute Gasteiger partial charge is 0.606 e. The van der Waals surface area contributed by atoms with Crippen molar-refractivity contribution in [1.29, 1.82) is 0 Å². The van der Waals surface area contributed by atoms with Gasteiger partial charge >= 0.3 is 12.4 Å². The minimum absolute atomic E-state index is 0.0795. The van der Waals surface area contributed by atoms with E-state index in [9.17, 15) is 30.9 Å². The lowest BCUT2D eigenvalue weighted by atomic mass is 9.99. The molecule has 1 nitrogen and oxygen atoms in total. The van der Waals surface area contributed by atoms with Crippen LogP contribution in [0, 0.1) is 0 Å². The number of allylic oxidation sites excluding steroid dienone is 2. The van der Waals surface area contributed by atoms with Crippen LogP contribution in [-0.4, -0.2) is 16.9 Å². The summed E-state index contributed by atoms with van der Waals surface area (Å²) in [5.74, 6) is 0. The third kappa shape index (κ3) is 7.52. The topological polar surface area (TPSA) is 23.1 Å². The summed E-state index contributed by atoms with van der Waals surface area (Å²) in [6.07, 6.45) is -7.26. The van der Waals surface area contributed by atoms with Gasteiger partial charge in [-0.25, -0.2) is 0 Å². The zero-order chi connectivity index (χ0) is 29.1. The van der Waals surface area contributed by atoms with Crippen LogP contribution in [0.25, 0.3) is 34.4 Å². The van der Waals surface area contributed by atoms with Crippen LogP contribution in [0.3, 0.4) is 0 Å². The molecule has 0 aliphatic carbocycles. The molecular weight excluding hydrogens is 593 g/mol. The molecule has 0 spiro atoms. The Kier molecular flexibility index (Phi) is 9.05. The van der Waals surface area contributed by atoms with Gasteiger partial charge < -0.3 is 4.55 Å². The average molecular weight is 611 g/mol. The lowest BCUT2D eigenvalue weighted by Gasteiger charge is -2.20.